The summed E-state index contributed by atoms with van der Waals surface area (Å²) in [7, 11) is 6.22. The van der Waals surface area contributed by atoms with E-state index >= 15 is 0 Å². The molecular formula is C16H21NO6. The fourth-order valence-electron chi connectivity index (χ4n) is 2.63. The number of esters is 1. The Hall–Kier alpha value is -2.28. The lowest BCUT2D eigenvalue weighted by Gasteiger charge is -2.20. The highest BCUT2D eigenvalue weighted by atomic mass is 16.6. The molecule has 1 aromatic carbocycles. The number of carbonyl (C=O) groups excluding carboxylic acids is 2. The Morgan fingerprint density at radius 3 is 2.30 bits per heavy atom. The van der Waals surface area contributed by atoms with Gasteiger partial charge in [-0.3, -0.25) is 4.79 Å². The molecule has 1 aliphatic heterocycles. The van der Waals surface area contributed by atoms with Crippen LogP contribution in [-0.4, -0.2) is 57.9 Å². The second kappa shape index (κ2) is 7.32. The Bertz CT molecular complexity index is 566. The number of ether oxygens (including phenoxy) is 4. The Morgan fingerprint density at radius 1 is 1.17 bits per heavy atom. The third-order valence-corrected chi connectivity index (χ3v) is 3.82. The van der Waals surface area contributed by atoms with Crippen LogP contribution in [0, 0.1) is 0 Å². The maximum Gasteiger partial charge on any atom is 0.332 e. The molecule has 0 radical (unpaired) electrons. The molecule has 1 aliphatic rings. The van der Waals surface area contributed by atoms with Gasteiger partial charge in [-0.15, -0.1) is 0 Å². The minimum absolute atomic E-state index is 0.175. The molecule has 0 spiro atoms. The van der Waals surface area contributed by atoms with Crippen molar-refractivity contribution in [1.82, 2.24) is 4.90 Å². The smallest absolute Gasteiger partial charge is 0.332 e. The highest BCUT2D eigenvalue weighted by Gasteiger charge is 2.40. The number of likely N-dealkylation sites (tertiary alicyclic amines) is 1. The lowest BCUT2D eigenvalue weighted by Crippen LogP contribution is -2.30. The summed E-state index contributed by atoms with van der Waals surface area (Å²) in [6.07, 6.45) is -0.425. The number of carbonyl (C=O) groups is 2. The van der Waals surface area contributed by atoms with E-state index < -0.39 is 12.1 Å². The molecule has 1 saturated heterocycles. The normalized spacial score (nSPS) is 20.5. The highest BCUT2D eigenvalue weighted by Crippen LogP contribution is 2.36. The molecule has 2 rings (SSSR count). The van der Waals surface area contributed by atoms with E-state index in [-0.39, 0.29) is 18.6 Å². The summed E-state index contributed by atoms with van der Waals surface area (Å²) in [6, 6.07) is 5.23. The van der Waals surface area contributed by atoms with Crippen LogP contribution in [0.4, 0.5) is 0 Å². The molecule has 7 nitrogen and oxygen atoms in total. The van der Waals surface area contributed by atoms with Gasteiger partial charge in [0.2, 0.25) is 0 Å². The second-order valence-electron chi connectivity index (χ2n) is 5.26. The Kier molecular flexibility index (Phi) is 5.44. The van der Waals surface area contributed by atoms with Crippen LogP contribution in [0.2, 0.25) is 0 Å². The molecule has 0 aliphatic carbocycles. The van der Waals surface area contributed by atoms with Gasteiger partial charge in [-0.05, 0) is 17.7 Å². The van der Waals surface area contributed by atoms with Gasteiger partial charge in [0.25, 0.3) is 5.91 Å². The average Bonchev–Trinajstić information content (AvgIpc) is 2.83. The minimum Gasteiger partial charge on any atom is -0.497 e. The van der Waals surface area contributed by atoms with Gasteiger partial charge < -0.3 is 23.8 Å². The van der Waals surface area contributed by atoms with Crippen LogP contribution >= 0.6 is 0 Å². The molecule has 7 heteroatoms. The standard InChI is InChI=1S/C16H21NO6/c1-17-13(8-14(16(17)19)23-15(18)9-20-2)10-5-11(21-3)7-12(6-10)22-4/h5-7,13-14H,8-9H2,1-4H3/t13-,14-/m0/s1. The Balaban J connectivity index is 2.20. The van der Waals surface area contributed by atoms with Crippen LogP contribution in [0.5, 0.6) is 11.5 Å². The molecule has 1 aromatic rings. The monoisotopic (exact) mass is 323 g/mol. The molecule has 1 fully saturated rings. The van der Waals surface area contributed by atoms with Gasteiger partial charge >= 0.3 is 5.97 Å². The van der Waals surface area contributed by atoms with Gasteiger partial charge in [-0.25, -0.2) is 4.79 Å². The number of hydrogen-bond acceptors (Lipinski definition) is 6. The van der Waals surface area contributed by atoms with Gasteiger partial charge in [0.15, 0.2) is 6.10 Å². The molecule has 23 heavy (non-hydrogen) atoms. The fraction of sp³-hybridized carbons (Fsp3) is 0.500. The third-order valence-electron chi connectivity index (χ3n) is 3.82. The maximum absolute atomic E-state index is 12.3. The zero-order valence-corrected chi connectivity index (χ0v) is 13.7. The summed E-state index contributed by atoms with van der Waals surface area (Å²) in [5, 5.41) is 0. The van der Waals surface area contributed by atoms with Gasteiger partial charge in [-0.1, -0.05) is 0 Å². The quantitative estimate of drug-likeness (QED) is 0.732. The summed E-state index contributed by atoms with van der Waals surface area (Å²) in [4.78, 5) is 25.4. The minimum atomic E-state index is -0.801. The summed E-state index contributed by atoms with van der Waals surface area (Å²) in [5.74, 6) is 0.490. The van der Waals surface area contributed by atoms with E-state index in [1.54, 1.807) is 32.2 Å². The Labute approximate surface area is 135 Å². The number of likely N-dealkylation sites (N-methyl/N-ethyl adjacent to an activating group) is 1. The molecular weight excluding hydrogens is 302 g/mol. The SMILES string of the molecule is COCC(=O)O[C@H]1C[C@@H](c2cc(OC)cc(OC)c2)N(C)C1=O. The van der Waals surface area contributed by atoms with Gasteiger partial charge in [0.1, 0.15) is 18.1 Å². The van der Waals surface area contributed by atoms with Crippen LogP contribution in [0.3, 0.4) is 0 Å². The molecule has 1 amide bonds. The van der Waals surface area contributed by atoms with Gasteiger partial charge in [0.05, 0.1) is 20.3 Å². The van der Waals surface area contributed by atoms with Crippen molar-refractivity contribution in [2.45, 2.75) is 18.6 Å². The summed E-state index contributed by atoms with van der Waals surface area (Å²) < 4.78 is 20.4. The Morgan fingerprint density at radius 2 is 1.78 bits per heavy atom. The van der Waals surface area contributed by atoms with Crippen molar-refractivity contribution in [3.05, 3.63) is 23.8 Å². The van der Waals surface area contributed by atoms with Crippen molar-refractivity contribution in [1.29, 1.82) is 0 Å². The summed E-state index contributed by atoms with van der Waals surface area (Å²) in [6.45, 7) is -0.175. The first-order valence-corrected chi connectivity index (χ1v) is 7.18. The van der Waals surface area contributed by atoms with Crippen molar-refractivity contribution in [2.75, 3.05) is 35.0 Å². The van der Waals surface area contributed by atoms with E-state index in [0.29, 0.717) is 17.9 Å². The zero-order valence-electron chi connectivity index (χ0n) is 13.7. The largest absolute Gasteiger partial charge is 0.497 e. The molecule has 1 heterocycles. The first-order valence-electron chi connectivity index (χ1n) is 7.18. The molecule has 2 atom stereocenters. The van der Waals surface area contributed by atoms with Gasteiger partial charge in [0, 0.05) is 26.6 Å². The van der Waals surface area contributed by atoms with E-state index in [9.17, 15) is 9.59 Å². The van der Waals surface area contributed by atoms with E-state index in [4.69, 9.17) is 18.9 Å². The molecule has 0 unspecified atom stereocenters. The number of hydrogen-bond donors (Lipinski definition) is 0. The topological polar surface area (TPSA) is 74.3 Å². The number of amides is 1. The third kappa shape index (κ3) is 3.73. The number of benzene rings is 1. The van der Waals surface area contributed by atoms with Crippen LogP contribution in [0.1, 0.15) is 18.0 Å². The molecule has 0 saturated carbocycles. The van der Waals surface area contributed by atoms with Gasteiger partial charge in [-0.2, -0.15) is 0 Å². The van der Waals surface area contributed by atoms with E-state index in [2.05, 4.69) is 0 Å². The summed E-state index contributed by atoms with van der Waals surface area (Å²) in [5.41, 5.74) is 0.863. The number of rotatable bonds is 6. The molecule has 0 aromatic heterocycles. The van der Waals surface area contributed by atoms with Crippen molar-refractivity contribution >= 4 is 11.9 Å². The van der Waals surface area contributed by atoms with Crippen LogP contribution in [0.15, 0.2) is 18.2 Å². The lowest BCUT2D eigenvalue weighted by atomic mass is 10.0. The zero-order chi connectivity index (χ0) is 17.0. The maximum atomic E-state index is 12.3. The van der Waals surface area contributed by atoms with Crippen molar-refractivity contribution in [2.24, 2.45) is 0 Å². The molecule has 0 bridgehead atoms. The van der Waals surface area contributed by atoms with E-state index in [1.165, 1.54) is 7.11 Å². The van der Waals surface area contributed by atoms with Crippen LogP contribution < -0.4 is 9.47 Å². The summed E-state index contributed by atoms with van der Waals surface area (Å²) >= 11 is 0. The number of nitrogens with zero attached hydrogens (tertiary/aromatic N) is 1. The van der Waals surface area contributed by atoms with E-state index in [0.717, 1.165) is 5.56 Å². The van der Waals surface area contributed by atoms with Crippen molar-refractivity contribution < 1.29 is 28.5 Å². The van der Waals surface area contributed by atoms with E-state index in [1.807, 2.05) is 12.1 Å². The second-order valence-corrected chi connectivity index (χ2v) is 5.26. The first-order chi connectivity index (χ1) is 11.0. The van der Waals surface area contributed by atoms with Crippen LogP contribution in [0.25, 0.3) is 0 Å². The lowest BCUT2D eigenvalue weighted by molar-refractivity contribution is -0.159. The van der Waals surface area contributed by atoms with Crippen molar-refractivity contribution in [3.63, 3.8) is 0 Å². The first kappa shape index (κ1) is 17.1. The molecule has 126 valence electrons. The van der Waals surface area contributed by atoms with Crippen LogP contribution in [-0.2, 0) is 19.1 Å². The predicted molar refractivity (Wildman–Crippen MR) is 81.4 cm³/mol. The number of methoxy groups -OCH3 is 3. The fourth-order valence-corrected chi connectivity index (χ4v) is 2.63. The average molecular weight is 323 g/mol. The highest BCUT2D eigenvalue weighted by molar-refractivity contribution is 5.86. The molecule has 0 N–H and O–H groups in total. The van der Waals surface area contributed by atoms with Crippen molar-refractivity contribution in [3.8, 4) is 11.5 Å². The predicted octanol–water partition coefficient (Wildman–Crippen LogP) is 1.17.